The molecule has 96 valence electrons. The number of benzene rings is 1. The average Bonchev–Trinajstić information content (AvgIpc) is 2.39. The normalized spacial score (nSPS) is 19.9. The van der Waals surface area contributed by atoms with Crippen molar-refractivity contribution in [3.05, 3.63) is 23.8 Å². The first-order chi connectivity index (χ1) is 8.81. The summed E-state index contributed by atoms with van der Waals surface area (Å²) in [5.74, 6) is 0.703. The second-order valence-electron chi connectivity index (χ2n) is 5.00. The highest BCUT2D eigenvalue weighted by Crippen LogP contribution is 2.29. The minimum atomic E-state index is -0.0716. The number of hydrogen-bond donors (Lipinski definition) is 1. The molecule has 1 N–H and O–H groups in total. The van der Waals surface area contributed by atoms with E-state index in [-0.39, 0.29) is 12.5 Å². The first kappa shape index (κ1) is 11.5. The van der Waals surface area contributed by atoms with Crippen molar-refractivity contribution >= 4 is 11.6 Å². The number of likely N-dealkylation sites (tertiary alicyclic amines) is 1. The first-order valence-corrected chi connectivity index (χ1v) is 6.59. The van der Waals surface area contributed by atoms with Gasteiger partial charge in [0, 0.05) is 6.54 Å². The molecular weight excluding hydrogens is 228 g/mol. The minimum Gasteiger partial charge on any atom is -0.482 e. The number of nitrogens with one attached hydrogen (secondary N) is 1. The van der Waals surface area contributed by atoms with Crippen LogP contribution >= 0.6 is 0 Å². The van der Waals surface area contributed by atoms with Crippen LogP contribution in [0, 0.1) is 0 Å². The Balaban J connectivity index is 1.73. The molecule has 18 heavy (non-hydrogen) atoms. The Morgan fingerprint density at radius 2 is 2.06 bits per heavy atom. The first-order valence-electron chi connectivity index (χ1n) is 6.59. The van der Waals surface area contributed by atoms with Crippen molar-refractivity contribution in [3.63, 3.8) is 0 Å². The SMILES string of the molecule is O=C1COc2ccc(CN3CCCCC3)cc2N1. The van der Waals surface area contributed by atoms with Crippen molar-refractivity contribution in [2.45, 2.75) is 25.8 Å². The average molecular weight is 246 g/mol. The van der Waals surface area contributed by atoms with E-state index >= 15 is 0 Å². The number of anilines is 1. The van der Waals surface area contributed by atoms with Gasteiger partial charge in [0.2, 0.25) is 0 Å². The van der Waals surface area contributed by atoms with Crippen molar-refractivity contribution in [1.29, 1.82) is 0 Å². The maximum atomic E-state index is 11.3. The number of ether oxygens (including phenoxy) is 1. The lowest BCUT2D eigenvalue weighted by Crippen LogP contribution is -2.29. The van der Waals surface area contributed by atoms with E-state index in [1.54, 1.807) is 0 Å². The fourth-order valence-corrected chi connectivity index (χ4v) is 2.60. The van der Waals surface area contributed by atoms with Gasteiger partial charge in [0.05, 0.1) is 5.69 Å². The quantitative estimate of drug-likeness (QED) is 0.868. The maximum absolute atomic E-state index is 11.3. The van der Waals surface area contributed by atoms with Gasteiger partial charge in [-0.2, -0.15) is 0 Å². The third-order valence-corrected chi connectivity index (χ3v) is 3.53. The molecule has 2 aliphatic rings. The van der Waals surface area contributed by atoms with E-state index in [2.05, 4.69) is 16.3 Å². The molecule has 1 saturated heterocycles. The summed E-state index contributed by atoms with van der Waals surface area (Å²) in [6, 6.07) is 6.07. The van der Waals surface area contributed by atoms with Crippen LogP contribution in [-0.4, -0.2) is 30.5 Å². The molecule has 4 heteroatoms. The summed E-state index contributed by atoms with van der Waals surface area (Å²) in [6.45, 7) is 3.45. The molecule has 0 unspecified atom stereocenters. The van der Waals surface area contributed by atoms with Gasteiger partial charge in [-0.05, 0) is 43.6 Å². The van der Waals surface area contributed by atoms with E-state index in [0.717, 1.165) is 18.0 Å². The minimum absolute atomic E-state index is 0.0716. The molecule has 0 bridgehead atoms. The molecular formula is C14H18N2O2. The summed E-state index contributed by atoms with van der Waals surface area (Å²) in [5.41, 5.74) is 2.04. The number of piperidine rings is 1. The number of nitrogens with zero attached hydrogens (tertiary/aromatic N) is 1. The van der Waals surface area contributed by atoms with Crippen molar-refractivity contribution < 1.29 is 9.53 Å². The van der Waals surface area contributed by atoms with Crippen molar-refractivity contribution in [1.82, 2.24) is 4.90 Å². The number of amides is 1. The van der Waals surface area contributed by atoms with Crippen LogP contribution in [-0.2, 0) is 11.3 Å². The zero-order valence-electron chi connectivity index (χ0n) is 10.4. The van der Waals surface area contributed by atoms with Crippen LogP contribution in [0.15, 0.2) is 18.2 Å². The molecule has 3 rings (SSSR count). The number of hydrogen-bond acceptors (Lipinski definition) is 3. The Labute approximate surface area is 107 Å². The molecule has 1 aromatic rings. The van der Waals surface area contributed by atoms with Crippen LogP contribution in [0.4, 0.5) is 5.69 Å². The topological polar surface area (TPSA) is 41.6 Å². The van der Waals surface area contributed by atoms with Gasteiger partial charge in [-0.1, -0.05) is 12.5 Å². The van der Waals surface area contributed by atoms with Crippen molar-refractivity contribution in [2.75, 3.05) is 25.0 Å². The molecule has 0 aliphatic carbocycles. The van der Waals surface area contributed by atoms with E-state index < -0.39 is 0 Å². The summed E-state index contributed by atoms with van der Waals surface area (Å²) in [7, 11) is 0. The molecule has 0 saturated carbocycles. The zero-order chi connectivity index (χ0) is 12.4. The summed E-state index contributed by atoms with van der Waals surface area (Å²) < 4.78 is 5.36. The van der Waals surface area contributed by atoms with Crippen molar-refractivity contribution in [3.8, 4) is 5.75 Å². The maximum Gasteiger partial charge on any atom is 0.262 e. The Morgan fingerprint density at radius 1 is 1.22 bits per heavy atom. The number of fused-ring (bicyclic) bond motifs is 1. The summed E-state index contributed by atoms with van der Waals surface area (Å²) in [6.07, 6.45) is 3.94. The predicted molar refractivity (Wildman–Crippen MR) is 69.7 cm³/mol. The third kappa shape index (κ3) is 2.48. The standard InChI is InChI=1S/C14H18N2O2/c17-14-10-18-13-5-4-11(8-12(13)15-14)9-16-6-2-1-3-7-16/h4-5,8H,1-3,6-7,9-10H2,(H,15,17). The van der Waals surface area contributed by atoms with Crippen LogP contribution in [0.1, 0.15) is 24.8 Å². The van der Waals surface area contributed by atoms with Gasteiger partial charge in [0.25, 0.3) is 5.91 Å². The van der Waals surface area contributed by atoms with Gasteiger partial charge >= 0.3 is 0 Å². The highest BCUT2D eigenvalue weighted by molar-refractivity contribution is 5.95. The molecule has 0 atom stereocenters. The smallest absolute Gasteiger partial charge is 0.262 e. The van der Waals surface area contributed by atoms with E-state index in [9.17, 15) is 4.79 Å². The van der Waals surface area contributed by atoms with Gasteiger partial charge in [-0.25, -0.2) is 0 Å². The Hall–Kier alpha value is -1.55. The number of carbonyl (C=O) groups excluding carboxylic acids is 1. The highest BCUT2D eigenvalue weighted by Gasteiger charge is 2.17. The highest BCUT2D eigenvalue weighted by atomic mass is 16.5. The van der Waals surface area contributed by atoms with Crippen LogP contribution in [0.3, 0.4) is 0 Å². The predicted octanol–water partition coefficient (Wildman–Crippen LogP) is 2.00. The van der Waals surface area contributed by atoms with Crippen LogP contribution in [0.25, 0.3) is 0 Å². The van der Waals surface area contributed by atoms with Gasteiger partial charge in [-0.3, -0.25) is 9.69 Å². The monoisotopic (exact) mass is 246 g/mol. The molecule has 2 heterocycles. The molecule has 0 spiro atoms. The molecule has 4 nitrogen and oxygen atoms in total. The Kier molecular flexibility index (Phi) is 3.19. The Morgan fingerprint density at radius 3 is 2.89 bits per heavy atom. The second kappa shape index (κ2) is 4.98. The van der Waals surface area contributed by atoms with Crippen LogP contribution < -0.4 is 10.1 Å². The van der Waals surface area contributed by atoms with Gasteiger partial charge < -0.3 is 10.1 Å². The summed E-state index contributed by atoms with van der Waals surface area (Å²) >= 11 is 0. The number of rotatable bonds is 2. The Bertz CT molecular complexity index is 453. The lowest BCUT2D eigenvalue weighted by molar-refractivity contribution is -0.118. The van der Waals surface area contributed by atoms with Gasteiger partial charge in [-0.15, -0.1) is 0 Å². The molecule has 1 aromatic carbocycles. The molecule has 0 aromatic heterocycles. The van der Waals surface area contributed by atoms with Gasteiger partial charge in [0.1, 0.15) is 5.75 Å². The third-order valence-electron chi connectivity index (χ3n) is 3.53. The molecule has 1 amide bonds. The van der Waals surface area contributed by atoms with E-state index in [1.807, 2.05) is 12.1 Å². The number of carbonyl (C=O) groups is 1. The summed E-state index contributed by atoms with van der Waals surface area (Å²) in [4.78, 5) is 13.7. The lowest BCUT2D eigenvalue weighted by atomic mass is 10.1. The van der Waals surface area contributed by atoms with E-state index in [4.69, 9.17) is 4.74 Å². The van der Waals surface area contributed by atoms with Gasteiger partial charge in [0.15, 0.2) is 6.61 Å². The summed E-state index contributed by atoms with van der Waals surface area (Å²) in [5, 5.41) is 2.86. The zero-order valence-corrected chi connectivity index (χ0v) is 10.4. The van der Waals surface area contributed by atoms with Crippen LogP contribution in [0.5, 0.6) is 5.75 Å². The molecule has 2 aliphatic heterocycles. The molecule has 1 fully saturated rings. The fraction of sp³-hybridized carbons (Fsp3) is 0.500. The lowest BCUT2D eigenvalue weighted by Gasteiger charge is -2.27. The van der Waals surface area contributed by atoms with Crippen LogP contribution in [0.2, 0.25) is 0 Å². The molecule has 0 radical (unpaired) electrons. The van der Waals surface area contributed by atoms with E-state index in [0.29, 0.717) is 0 Å². The largest absolute Gasteiger partial charge is 0.482 e. The second-order valence-corrected chi connectivity index (χ2v) is 5.00. The van der Waals surface area contributed by atoms with E-state index in [1.165, 1.54) is 37.9 Å². The van der Waals surface area contributed by atoms with Crippen molar-refractivity contribution in [2.24, 2.45) is 0 Å². The fourth-order valence-electron chi connectivity index (χ4n) is 2.60.